The van der Waals surface area contributed by atoms with Crippen LogP contribution in [0.15, 0.2) is 0 Å². The van der Waals surface area contributed by atoms with Crippen LogP contribution in [0.25, 0.3) is 0 Å². The van der Waals surface area contributed by atoms with Crippen molar-refractivity contribution in [3.8, 4) is 0 Å². The van der Waals surface area contributed by atoms with E-state index in [1.807, 2.05) is 0 Å². The molecule has 4 unspecified atom stereocenters. The summed E-state index contributed by atoms with van der Waals surface area (Å²) in [6, 6.07) is 0. The second kappa shape index (κ2) is 3.79. The highest BCUT2D eigenvalue weighted by Gasteiger charge is 2.69. The van der Waals surface area contributed by atoms with Crippen molar-refractivity contribution in [3.63, 3.8) is 0 Å². The quantitative estimate of drug-likeness (QED) is 0.556. The van der Waals surface area contributed by atoms with E-state index in [4.69, 9.17) is 10.2 Å². The van der Waals surface area contributed by atoms with Crippen LogP contribution in [-0.2, 0) is 23.9 Å². The highest BCUT2D eigenvalue weighted by Crippen LogP contribution is 2.56. The lowest BCUT2D eigenvalue weighted by atomic mass is 10.0. The van der Waals surface area contributed by atoms with Gasteiger partial charge in [-0.3, -0.25) is 19.2 Å². The first-order valence-corrected chi connectivity index (χ1v) is 5.93. The molecular weight excluding hydrogens is 256 g/mol. The molecule has 2 N–H and O–H groups in total. The van der Waals surface area contributed by atoms with Crippen LogP contribution < -0.4 is 0 Å². The van der Waals surface area contributed by atoms with Crippen molar-refractivity contribution in [1.82, 2.24) is 0 Å². The van der Waals surface area contributed by atoms with Crippen LogP contribution in [-0.4, -0.2) is 34.1 Å². The molecule has 7 heteroatoms. The van der Waals surface area contributed by atoms with Crippen molar-refractivity contribution >= 4 is 23.9 Å². The Morgan fingerprint density at radius 2 is 1.16 bits per heavy atom. The maximum absolute atomic E-state index is 11.8. The van der Waals surface area contributed by atoms with Crippen LogP contribution in [0.5, 0.6) is 0 Å². The minimum Gasteiger partial charge on any atom is -0.480 e. The molecule has 0 bridgehead atoms. The van der Waals surface area contributed by atoms with E-state index in [0.717, 1.165) is 0 Å². The fraction of sp³-hybridized carbons (Fsp3) is 0.667. The molecule has 2 aliphatic rings. The summed E-state index contributed by atoms with van der Waals surface area (Å²) < 4.78 is 4.53. The molecule has 0 heterocycles. The van der Waals surface area contributed by atoms with Gasteiger partial charge in [-0.1, -0.05) is 13.8 Å². The summed E-state index contributed by atoms with van der Waals surface area (Å²) in [5.74, 6) is -5.82. The molecular formula is C12H14O7. The molecule has 0 amide bonds. The van der Waals surface area contributed by atoms with Crippen LogP contribution in [0.2, 0.25) is 0 Å². The van der Waals surface area contributed by atoms with Crippen LogP contribution in [0.4, 0.5) is 0 Å². The maximum atomic E-state index is 11.8. The number of ether oxygens (including phenoxy) is 1. The summed E-state index contributed by atoms with van der Waals surface area (Å²) in [6.07, 6.45) is 0.203. The first-order chi connectivity index (χ1) is 8.69. The summed E-state index contributed by atoms with van der Waals surface area (Å²) in [5.41, 5.74) is -3.37. The first kappa shape index (κ1) is 13.5. The summed E-state index contributed by atoms with van der Waals surface area (Å²) >= 11 is 0. The highest BCUT2D eigenvalue weighted by atomic mass is 16.6. The first-order valence-electron chi connectivity index (χ1n) is 5.93. The van der Waals surface area contributed by atoms with Gasteiger partial charge in [0.25, 0.3) is 0 Å². The highest BCUT2D eigenvalue weighted by molar-refractivity contribution is 6.11. The molecule has 2 fully saturated rings. The van der Waals surface area contributed by atoms with Crippen LogP contribution in [0, 0.1) is 22.7 Å². The third-order valence-electron chi connectivity index (χ3n) is 4.30. The zero-order valence-electron chi connectivity index (χ0n) is 10.5. The third-order valence-corrected chi connectivity index (χ3v) is 4.30. The van der Waals surface area contributed by atoms with E-state index >= 15 is 0 Å². The summed E-state index contributed by atoms with van der Waals surface area (Å²) in [6.45, 7) is 3.12. The van der Waals surface area contributed by atoms with Gasteiger partial charge in [-0.2, -0.15) is 0 Å². The van der Waals surface area contributed by atoms with E-state index in [9.17, 15) is 19.2 Å². The van der Waals surface area contributed by atoms with Crippen molar-refractivity contribution in [2.45, 2.75) is 26.7 Å². The average Bonchev–Trinajstić information content (AvgIpc) is 3.14. The van der Waals surface area contributed by atoms with Gasteiger partial charge in [-0.15, -0.1) is 0 Å². The number of hydrogen-bond acceptors (Lipinski definition) is 5. The largest absolute Gasteiger partial charge is 0.480 e. The molecule has 0 radical (unpaired) electrons. The fourth-order valence-electron chi connectivity index (χ4n) is 2.45. The second-order valence-corrected chi connectivity index (χ2v) is 5.44. The summed E-state index contributed by atoms with van der Waals surface area (Å²) in [7, 11) is 0. The van der Waals surface area contributed by atoms with E-state index in [1.165, 1.54) is 0 Å². The van der Waals surface area contributed by atoms with E-state index in [2.05, 4.69) is 4.74 Å². The Kier molecular flexibility index (Phi) is 2.69. The average molecular weight is 270 g/mol. The molecule has 104 valence electrons. The number of aliphatic carboxylic acids is 2. The molecule has 19 heavy (non-hydrogen) atoms. The predicted molar refractivity (Wildman–Crippen MR) is 58.8 cm³/mol. The van der Waals surface area contributed by atoms with Gasteiger partial charge in [0.05, 0.1) is 0 Å². The molecule has 2 saturated carbocycles. The lowest BCUT2D eigenvalue weighted by Crippen LogP contribution is -2.36. The van der Waals surface area contributed by atoms with Crippen LogP contribution in [0.3, 0.4) is 0 Å². The second-order valence-electron chi connectivity index (χ2n) is 5.44. The molecule has 2 rings (SSSR count). The van der Waals surface area contributed by atoms with Gasteiger partial charge in [-0.25, -0.2) is 0 Å². The molecule has 0 saturated heterocycles. The smallest absolute Gasteiger partial charge is 0.331 e. The van der Waals surface area contributed by atoms with Crippen molar-refractivity contribution in [2.75, 3.05) is 0 Å². The van der Waals surface area contributed by atoms with E-state index in [-0.39, 0.29) is 12.8 Å². The Hall–Kier alpha value is -1.92. The van der Waals surface area contributed by atoms with Gasteiger partial charge in [0.2, 0.25) is 0 Å². The maximum Gasteiger partial charge on any atom is 0.331 e. The van der Waals surface area contributed by atoms with E-state index in [1.54, 1.807) is 13.8 Å². The Morgan fingerprint density at radius 3 is 1.32 bits per heavy atom. The standard InChI is InChI=1S/C12H14O7/c1-5-3-11(5,7(13)14)9(17)19-10(18)12(8(15)16)4-6(12)2/h5-6H,3-4H2,1-2H3,(H,13,14)(H,15,16). The third kappa shape index (κ3) is 1.64. The van der Waals surface area contributed by atoms with E-state index < -0.39 is 46.5 Å². The van der Waals surface area contributed by atoms with Gasteiger partial charge < -0.3 is 14.9 Å². The monoisotopic (exact) mass is 270 g/mol. The van der Waals surface area contributed by atoms with Gasteiger partial charge in [0.1, 0.15) is 0 Å². The van der Waals surface area contributed by atoms with Gasteiger partial charge in [-0.05, 0) is 24.7 Å². The Bertz CT molecular complexity index is 452. The molecule has 0 aromatic rings. The minimum absolute atomic E-state index is 0.101. The zero-order valence-corrected chi connectivity index (χ0v) is 10.5. The molecule has 0 spiro atoms. The number of carboxylic acids is 2. The molecule has 0 aromatic heterocycles. The lowest BCUT2D eigenvalue weighted by Gasteiger charge is -2.13. The summed E-state index contributed by atoms with van der Waals surface area (Å²) in [5, 5.41) is 18.0. The minimum atomic E-state index is -1.69. The molecule has 7 nitrogen and oxygen atoms in total. The molecule has 2 aliphatic carbocycles. The number of hydrogen-bond donors (Lipinski definition) is 2. The van der Waals surface area contributed by atoms with Gasteiger partial charge in [0, 0.05) is 0 Å². The molecule has 0 aliphatic heterocycles. The zero-order chi connectivity index (χ0) is 14.6. The van der Waals surface area contributed by atoms with E-state index in [0.29, 0.717) is 0 Å². The number of carbonyl (C=O) groups is 4. The fourth-order valence-corrected chi connectivity index (χ4v) is 2.45. The Labute approximate surface area is 108 Å². The molecule has 0 aromatic carbocycles. The van der Waals surface area contributed by atoms with Crippen LogP contribution in [0.1, 0.15) is 26.7 Å². The topological polar surface area (TPSA) is 118 Å². The lowest BCUT2D eigenvalue weighted by molar-refractivity contribution is -0.174. The van der Waals surface area contributed by atoms with Crippen molar-refractivity contribution in [2.24, 2.45) is 22.7 Å². The van der Waals surface area contributed by atoms with Gasteiger partial charge >= 0.3 is 23.9 Å². The SMILES string of the molecule is CC1CC1(C(=O)O)C(=O)OC(=O)C1(C(=O)O)CC1C. The Morgan fingerprint density at radius 1 is 0.895 bits per heavy atom. The number of rotatable bonds is 4. The normalized spacial score (nSPS) is 39.3. The van der Waals surface area contributed by atoms with Gasteiger partial charge in [0.15, 0.2) is 10.8 Å². The number of esters is 2. The molecule has 4 atom stereocenters. The number of carbonyl (C=O) groups excluding carboxylic acids is 2. The summed E-state index contributed by atoms with van der Waals surface area (Å²) in [4.78, 5) is 45.7. The predicted octanol–water partition coefficient (Wildman–Crippen LogP) is 0.278. The van der Waals surface area contributed by atoms with Crippen molar-refractivity contribution in [3.05, 3.63) is 0 Å². The van der Waals surface area contributed by atoms with Crippen molar-refractivity contribution in [1.29, 1.82) is 0 Å². The van der Waals surface area contributed by atoms with Crippen molar-refractivity contribution < 1.29 is 34.1 Å². The van der Waals surface area contributed by atoms with Crippen LogP contribution >= 0.6 is 0 Å². The number of carboxylic acid groups (broad SMARTS) is 2. The Balaban J connectivity index is 2.11.